The Bertz CT molecular complexity index is 355. The van der Waals surface area contributed by atoms with Crippen molar-refractivity contribution in [3.63, 3.8) is 0 Å². The van der Waals surface area contributed by atoms with Crippen LogP contribution in [0.3, 0.4) is 0 Å². The van der Waals surface area contributed by atoms with Gasteiger partial charge in [-0.3, -0.25) is 0 Å². The largest absolute Gasteiger partial charge is 0.0998 e. The van der Waals surface area contributed by atoms with Crippen molar-refractivity contribution in [1.82, 2.24) is 0 Å². The average molecular weight is 260 g/mol. The highest BCUT2D eigenvalue weighted by atomic mass is 14.6. The molecule has 0 heteroatoms. The van der Waals surface area contributed by atoms with Crippen LogP contribution in [0.15, 0.2) is 12.2 Å². The highest BCUT2D eigenvalue weighted by molar-refractivity contribution is 5.14. The molecule has 0 saturated heterocycles. The normalized spacial score (nSPS) is 49.5. The summed E-state index contributed by atoms with van der Waals surface area (Å²) in [5, 5.41) is 0. The molecule has 6 atom stereocenters. The van der Waals surface area contributed by atoms with E-state index in [1.54, 1.807) is 0 Å². The zero-order valence-corrected chi connectivity index (χ0v) is 13.3. The first-order valence-electron chi connectivity index (χ1n) is 8.75. The maximum Gasteiger partial charge on any atom is -0.0149 e. The maximum atomic E-state index is 4.34. The molecule has 0 aromatic rings. The van der Waals surface area contributed by atoms with Gasteiger partial charge in [0.05, 0.1) is 0 Å². The van der Waals surface area contributed by atoms with Gasteiger partial charge >= 0.3 is 0 Å². The molecular weight excluding hydrogens is 228 g/mol. The molecule has 0 aromatic carbocycles. The van der Waals surface area contributed by atoms with Gasteiger partial charge in [-0.1, -0.05) is 38.8 Å². The van der Waals surface area contributed by atoms with Gasteiger partial charge in [-0.05, 0) is 80.5 Å². The Morgan fingerprint density at radius 3 is 2.58 bits per heavy atom. The molecule has 19 heavy (non-hydrogen) atoms. The number of hydrogen-bond donors (Lipinski definition) is 0. The van der Waals surface area contributed by atoms with E-state index in [1.807, 2.05) is 0 Å². The van der Waals surface area contributed by atoms with E-state index in [9.17, 15) is 0 Å². The molecule has 3 aliphatic rings. The molecule has 0 nitrogen and oxygen atoms in total. The molecule has 0 aromatic heterocycles. The lowest BCUT2D eigenvalue weighted by Crippen LogP contribution is -2.46. The molecule has 108 valence electrons. The van der Waals surface area contributed by atoms with Crippen LogP contribution in [0.5, 0.6) is 0 Å². The molecular formula is C19H32. The standard InChI is InChI=1S/C19H32/c1-5-19-12-11-15-14(4)7-6-8-16(15)18(19)10-9-17(19)13(2)3/h14-18H,2,5-12H2,1,3-4H3/t14?,15?,16?,17-,18?,19?/m1/s1. The zero-order chi connectivity index (χ0) is 13.6. The Hall–Kier alpha value is -0.260. The van der Waals surface area contributed by atoms with Gasteiger partial charge in [0, 0.05) is 0 Å². The van der Waals surface area contributed by atoms with Crippen LogP contribution in [0.4, 0.5) is 0 Å². The van der Waals surface area contributed by atoms with Crippen LogP contribution in [0.2, 0.25) is 0 Å². The minimum Gasteiger partial charge on any atom is -0.0998 e. The smallest absolute Gasteiger partial charge is 0.0149 e. The van der Waals surface area contributed by atoms with Crippen LogP contribution >= 0.6 is 0 Å². The molecule has 0 heterocycles. The summed E-state index contributed by atoms with van der Waals surface area (Å²) in [5.74, 6) is 4.97. The van der Waals surface area contributed by atoms with E-state index in [-0.39, 0.29) is 0 Å². The Morgan fingerprint density at radius 1 is 1.11 bits per heavy atom. The third-order valence-electron chi connectivity index (χ3n) is 7.39. The molecule has 3 saturated carbocycles. The van der Waals surface area contributed by atoms with Crippen molar-refractivity contribution in [2.75, 3.05) is 0 Å². The summed E-state index contributed by atoms with van der Waals surface area (Å²) in [6.07, 6.45) is 11.9. The average Bonchev–Trinajstić information content (AvgIpc) is 2.79. The summed E-state index contributed by atoms with van der Waals surface area (Å²) in [7, 11) is 0. The second kappa shape index (κ2) is 4.93. The van der Waals surface area contributed by atoms with Gasteiger partial charge in [0.15, 0.2) is 0 Å². The molecule has 3 fully saturated rings. The summed E-state index contributed by atoms with van der Waals surface area (Å²) in [5.41, 5.74) is 2.12. The quantitative estimate of drug-likeness (QED) is 0.548. The summed E-state index contributed by atoms with van der Waals surface area (Å²) >= 11 is 0. The molecule has 0 radical (unpaired) electrons. The van der Waals surface area contributed by atoms with Crippen LogP contribution in [0.1, 0.15) is 72.1 Å². The molecule has 0 N–H and O–H groups in total. The van der Waals surface area contributed by atoms with E-state index in [2.05, 4.69) is 27.4 Å². The van der Waals surface area contributed by atoms with E-state index in [4.69, 9.17) is 0 Å². The zero-order valence-electron chi connectivity index (χ0n) is 13.3. The van der Waals surface area contributed by atoms with Crippen LogP contribution < -0.4 is 0 Å². The lowest BCUT2D eigenvalue weighted by molar-refractivity contribution is -0.0359. The predicted octanol–water partition coefficient (Wildman–Crippen LogP) is 5.83. The van der Waals surface area contributed by atoms with E-state index < -0.39 is 0 Å². The first kappa shape index (κ1) is 13.7. The lowest BCUT2D eigenvalue weighted by atomic mass is 9.51. The van der Waals surface area contributed by atoms with Gasteiger partial charge in [0.25, 0.3) is 0 Å². The van der Waals surface area contributed by atoms with E-state index in [0.717, 1.165) is 29.6 Å². The summed E-state index contributed by atoms with van der Waals surface area (Å²) in [6.45, 7) is 11.6. The Kier molecular flexibility index (Phi) is 3.56. The highest BCUT2D eigenvalue weighted by Gasteiger charge is 2.56. The molecule has 0 aliphatic heterocycles. The minimum atomic E-state index is 0.643. The molecule has 0 bridgehead atoms. The van der Waals surface area contributed by atoms with Crippen molar-refractivity contribution in [3.05, 3.63) is 12.2 Å². The molecule has 0 spiro atoms. The van der Waals surface area contributed by atoms with Crippen LogP contribution in [-0.2, 0) is 0 Å². The molecule has 3 rings (SSSR count). The van der Waals surface area contributed by atoms with Crippen molar-refractivity contribution < 1.29 is 0 Å². The molecule has 3 aliphatic carbocycles. The fraction of sp³-hybridized carbons (Fsp3) is 0.895. The van der Waals surface area contributed by atoms with Crippen molar-refractivity contribution in [3.8, 4) is 0 Å². The maximum absolute atomic E-state index is 4.34. The second-order valence-corrected chi connectivity index (χ2v) is 7.94. The number of rotatable bonds is 2. The van der Waals surface area contributed by atoms with Crippen molar-refractivity contribution >= 4 is 0 Å². The Labute approximate surface area is 120 Å². The fourth-order valence-electron chi connectivity index (χ4n) is 6.56. The monoisotopic (exact) mass is 260 g/mol. The number of fused-ring (bicyclic) bond motifs is 3. The van der Waals surface area contributed by atoms with E-state index in [0.29, 0.717) is 5.41 Å². The van der Waals surface area contributed by atoms with Crippen LogP contribution in [-0.4, -0.2) is 0 Å². The lowest BCUT2D eigenvalue weighted by Gasteiger charge is -2.54. The fourth-order valence-corrected chi connectivity index (χ4v) is 6.56. The van der Waals surface area contributed by atoms with Gasteiger partial charge in [-0.2, -0.15) is 0 Å². The second-order valence-electron chi connectivity index (χ2n) is 7.94. The predicted molar refractivity (Wildman–Crippen MR) is 83.0 cm³/mol. The molecule has 5 unspecified atom stereocenters. The first-order valence-corrected chi connectivity index (χ1v) is 8.75. The number of allylic oxidation sites excluding steroid dienone is 1. The number of hydrogen-bond acceptors (Lipinski definition) is 0. The van der Waals surface area contributed by atoms with Crippen LogP contribution in [0, 0.1) is 35.0 Å². The summed E-state index contributed by atoms with van der Waals surface area (Å²) in [6, 6.07) is 0. The van der Waals surface area contributed by atoms with Gasteiger partial charge in [0.1, 0.15) is 0 Å². The van der Waals surface area contributed by atoms with E-state index in [1.165, 1.54) is 56.9 Å². The third kappa shape index (κ3) is 1.93. The van der Waals surface area contributed by atoms with Crippen molar-refractivity contribution in [1.29, 1.82) is 0 Å². The van der Waals surface area contributed by atoms with Gasteiger partial charge < -0.3 is 0 Å². The topological polar surface area (TPSA) is 0 Å². The summed E-state index contributed by atoms with van der Waals surface area (Å²) in [4.78, 5) is 0. The van der Waals surface area contributed by atoms with Crippen molar-refractivity contribution in [2.24, 2.45) is 35.0 Å². The van der Waals surface area contributed by atoms with Gasteiger partial charge in [-0.25, -0.2) is 0 Å². The third-order valence-corrected chi connectivity index (χ3v) is 7.39. The van der Waals surface area contributed by atoms with Crippen LogP contribution in [0.25, 0.3) is 0 Å². The van der Waals surface area contributed by atoms with Gasteiger partial charge in [0.2, 0.25) is 0 Å². The Morgan fingerprint density at radius 2 is 1.89 bits per heavy atom. The Balaban J connectivity index is 1.90. The molecule has 0 amide bonds. The minimum absolute atomic E-state index is 0.643. The first-order chi connectivity index (χ1) is 9.10. The van der Waals surface area contributed by atoms with Gasteiger partial charge in [-0.15, -0.1) is 0 Å². The highest BCUT2D eigenvalue weighted by Crippen LogP contribution is 2.64. The summed E-state index contributed by atoms with van der Waals surface area (Å²) < 4.78 is 0. The SMILES string of the molecule is C=C(C)[C@H]1CCC2C3CCCC(C)C3CCC21CC. The van der Waals surface area contributed by atoms with Crippen molar-refractivity contribution in [2.45, 2.75) is 72.1 Å². The van der Waals surface area contributed by atoms with E-state index >= 15 is 0 Å².